The normalized spacial score (nSPS) is 32.9. The van der Waals surface area contributed by atoms with Gasteiger partial charge in [-0.2, -0.15) is 0 Å². The first-order valence-electron chi connectivity index (χ1n) is 8.05. The Labute approximate surface area is 116 Å². The highest BCUT2D eigenvalue weighted by atomic mass is 16.2. The second-order valence-electron chi connectivity index (χ2n) is 6.49. The van der Waals surface area contributed by atoms with Crippen LogP contribution in [-0.4, -0.2) is 61.5 Å². The van der Waals surface area contributed by atoms with Gasteiger partial charge in [0.25, 0.3) is 0 Å². The van der Waals surface area contributed by atoms with Crippen LogP contribution in [0.5, 0.6) is 0 Å². The van der Waals surface area contributed by atoms with Crippen molar-refractivity contribution in [1.29, 1.82) is 0 Å². The predicted molar refractivity (Wildman–Crippen MR) is 76.0 cm³/mol. The van der Waals surface area contributed by atoms with Crippen molar-refractivity contribution in [2.45, 2.75) is 32.1 Å². The number of amides is 1. The molecule has 2 unspecified atom stereocenters. The lowest BCUT2D eigenvalue weighted by Crippen LogP contribution is -2.38. The molecule has 3 aliphatic heterocycles. The third-order valence-corrected chi connectivity index (χ3v) is 4.97. The summed E-state index contributed by atoms with van der Waals surface area (Å²) in [7, 11) is 0. The molecule has 1 amide bonds. The molecule has 0 spiro atoms. The second-order valence-corrected chi connectivity index (χ2v) is 6.49. The van der Waals surface area contributed by atoms with Gasteiger partial charge in [0.15, 0.2) is 0 Å². The average Bonchev–Trinajstić information content (AvgIpc) is 3.10. The quantitative estimate of drug-likeness (QED) is 0.824. The van der Waals surface area contributed by atoms with Gasteiger partial charge in [0.1, 0.15) is 0 Å². The first-order valence-corrected chi connectivity index (χ1v) is 8.05. The van der Waals surface area contributed by atoms with Crippen molar-refractivity contribution in [1.82, 2.24) is 15.1 Å². The number of nitrogens with one attached hydrogen (secondary N) is 1. The maximum Gasteiger partial charge on any atom is 0.227 e. The van der Waals surface area contributed by atoms with Crippen molar-refractivity contribution in [3.63, 3.8) is 0 Å². The van der Waals surface area contributed by atoms with Crippen LogP contribution >= 0.6 is 0 Å². The summed E-state index contributed by atoms with van der Waals surface area (Å²) in [5.74, 6) is 1.39. The number of likely N-dealkylation sites (tertiary alicyclic amines) is 2. The summed E-state index contributed by atoms with van der Waals surface area (Å²) >= 11 is 0. The molecule has 3 heterocycles. The van der Waals surface area contributed by atoms with Crippen molar-refractivity contribution in [2.24, 2.45) is 11.8 Å². The van der Waals surface area contributed by atoms with Gasteiger partial charge in [-0.05, 0) is 51.2 Å². The zero-order valence-electron chi connectivity index (χ0n) is 11.9. The predicted octanol–water partition coefficient (Wildman–Crippen LogP) is 0.930. The highest BCUT2D eigenvalue weighted by molar-refractivity contribution is 5.79. The van der Waals surface area contributed by atoms with Gasteiger partial charge in [0.05, 0.1) is 5.92 Å². The SMILES string of the molecule is O=C(C1CCNC1)N1CCC(CN2CCCCC2)C1. The fourth-order valence-electron chi connectivity index (χ4n) is 3.81. The van der Waals surface area contributed by atoms with Crippen molar-refractivity contribution >= 4 is 5.91 Å². The number of carbonyl (C=O) groups excluding carboxylic acids is 1. The lowest BCUT2D eigenvalue weighted by Gasteiger charge is -2.29. The van der Waals surface area contributed by atoms with E-state index in [2.05, 4.69) is 15.1 Å². The number of hydrogen-bond acceptors (Lipinski definition) is 3. The molecule has 0 aromatic heterocycles. The number of nitrogens with zero attached hydrogens (tertiary/aromatic N) is 2. The molecule has 3 rings (SSSR count). The molecule has 3 saturated heterocycles. The van der Waals surface area contributed by atoms with Crippen LogP contribution in [0.1, 0.15) is 32.1 Å². The van der Waals surface area contributed by atoms with E-state index < -0.39 is 0 Å². The Bertz CT molecular complexity index is 309. The number of rotatable bonds is 3. The molecule has 108 valence electrons. The Morgan fingerprint density at radius 3 is 2.68 bits per heavy atom. The second kappa shape index (κ2) is 6.23. The Balaban J connectivity index is 1.45. The Morgan fingerprint density at radius 2 is 1.95 bits per heavy atom. The molecule has 4 nitrogen and oxygen atoms in total. The van der Waals surface area contributed by atoms with Gasteiger partial charge in [-0.15, -0.1) is 0 Å². The number of hydrogen-bond donors (Lipinski definition) is 1. The molecule has 19 heavy (non-hydrogen) atoms. The van der Waals surface area contributed by atoms with E-state index >= 15 is 0 Å². The Morgan fingerprint density at radius 1 is 1.11 bits per heavy atom. The summed E-state index contributed by atoms with van der Waals surface area (Å²) in [6.07, 6.45) is 6.38. The van der Waals surface area contributed by atoms with Crippen molar-refractivity contribution in [3.05, 3.63) is 0 Å². The van der Waals surface area contributed by atoms with Gasteiger partial charge in [0.2, 0.25) is 5.91 Å². The van der Waals surface area contributed by atoms with E-state index in [0.29, 0.717) is 5.91 Å². The van der Waals surface area contributed by atoms with Gasteiger partial charge in [-0.25, -0.2) is 0 Å². The van der Waals surface area contributed by atoms with Gasteiger partial charge in [-0.3, -0.25) is 4.79 Å². The largest absolute Gasteiger partial charge is 0.342 e. The summed E-state index contributed by atoms with van der Waals surface area (Å²) in [6.45, 7) is 7.67. The third-order valence-electron chi connectivity index (χ3n) is 4.97. The van der Waals surface area contributed by atoms with Gasteiger partial charge < -0.3 is 15.1 Å². The third kappa shape index (κ3) is 3.29. The molecular weight excluding hydrogens is 238 g/mol. The van der Waals surface area contributed by atoms with Crippen molar-refractivity contribution < 1.29 is 4.79 Å². The summed E-state index contributed by atoms with van der Waals surface area (Å²) < 4.78 is 0. The smallest absolute Gasteiger partial charge is 0.227 e. The van der Waals surface area contributed by atoms with Crippen LogP contribution in [0.3, 0.4) is 0 Å². The van der Waals surface area contributed by atoms with Crippen molar-refractivity contribution in [2.75, 3.05) is 45.8 Å². The minimum Gasteiger partial charge on any atom is -0.342 e. The highest BCUT2D eigenvalue weighted by Crippen LogP contribution is 2.22. The highest BCUT2D eigenvalue weighted by Gasteiger charge is 2.32. The molecule has 1 N–H and O–H groups in total. The average molecular weight is 265 g/mol. The minimum absolute atomic E-state index is 0.258. The fourth-order valence-corrected chi connectivity index (χ4v) is 3.81. The molecule has 3 aliphatic rings. The van der Waals surface area contributed by atoms with E-state index in [1.807, 2.05) is 0 Å². The maximum absolute atomic E-state index is 12.4. The molecule has 4 heteroatoms. The summed E-state index contributed by atoms with van der Waals surface area (Å²) in [6, 6.07) is 0. The standard InChI is InChI=1S/C15H27N3O/c19-15(14-4-6-16-10-14)18-9-5-13(12-18)11-17-7-2-1-3-8-17/h13-14,16H,1-12H2. The van der Waals surface area contributed by atoms with Crippen LogP contribution < -0.4 is 5.32 Å². The molecule has 0 aromatic rings. The van der Waals surface area contributed by atoms with Crippen LogP contribution in [-0.2, 0) is 4.79 Å². The van der Waals surface area contributed by atoms with Crippen molar-refractivity contribution in [3.8, 4) is 0 Å². The molecular formula is C15H27N3O. The topological polar surface area (TPSA) is 35.6 Å². The van der Waals surface area contributed by atoms with E-state index in [-0.39, 0.29) is 5.92 Å². The van der Waals surface area contributed by atoms with Crippen LogP contribution in [0.15, 0.2) is 0 Å². The van der Waals surface area contributed by atoms with E-state index in [1.54, 1.807) is 0 Å². The van der Waals surface area contributed by atoms with E-state index in [0.717, 1.165) is 38.5 Å². The lowest BCUT2D eigenvalue weighted by molar-refractivity contribution is -0.133. The molecule has 0 saturated carbocycles. The van der Waals surface area contributed by atoms with E-state index in [4.69, 9.17) is 0 Å². The van der Waals surface area contributed by atoms with Crippen LogP contribution in [0.4, 0.5) is 0 Å². The summed E-state index contributed by atoms with van der Waals surface area (Å²) in [5, 5.41) is 3.30. The molecule has 0 radical (unpaired) electrons. The Kier molecular flexibility index (Phi) is 4.38. The van der Waals surface area contributed by atoms with Crippen LogP contribution in [0.2, 0.25) is 0 Å². The fraction of sp³-hybridized carbons (Fsp3) is 0.933. The van der Waals surface area contributed by atoms with Crippen LogP contribution in [0.25, 0.3) is 0 Å². The molecule has 0 aliphatic carbocycles. The molecule has 2 atom stereocenters. The summed E-state index contributed by atoms with van der Waals surface area (Å²) in [4.78, 5) is 17.1. The monoisotopic (exact) mass is 265 g/mol. The van der Waals surface area contributed by atoms with E-state index in [9.17, 15) is 4.79 Å². The lowest BCUT2D eigenvalue weighted by atomic mass is 10.1. The number of piperidine rings is 1. The molecule has 0 bridgehead atoms. The maximum atomic E-state index is 12.4. The van der Waals surface area contributed by atoms with E-state index in [1.165, 1.54) is 45.3 Å². The van der Waals surface area contributed by atoms with Crippen LogP contribution in [0, 0.1) is 11.8 Å². The van der Waals surface area contributed by atoms with Gasteiger partial charge >= 0.3 is 0 Å². The Hall–Kier alpha value is -0.610. The molecule has 0 aromatic carbocycles. The zero-order valence-corrected chi connectivity index (χ0v) is 11.9. The first-order chi connectivity index (χ1) is 9.33. The van der Waals surface area contributed by atoms with Gasteiger partial charge in [0, 0.05) is 26.2 Å². The van der Waals surface area contributed by atoms with Gasteiger partial charge in [-0.1, -0.05) is 6.42 Å². The molecule has 3 fully saturated rings. The summed E-state index contributed by atoms with van der Waals surface area (Å²) in [5.41, 5.74) is 0. The first kappa shape index (κ1) is 13.4. The zero-order chi connectivity index (χ0) is 13.1. The minimum atomic E-state index is 0.258. The number of carbonyl (C=O) groups is 1.